The van der Waals surface area contributed by atoms with Crippen LogP contribution in [-0.4, -0.2) is 31.6 Å². The first-order chi connectivity index (χ1) is 13.2. The van der Waals surface area contributed by atoms with E-state index in [9.17, 15) is 9.59 Å². The van der Waals surface area contributed by atoms with Crippen molar-refractivity contribution in [1.29, 1.82) is 0 Å². The summed E-state index contributed by atoms with van der Waals surface area (Å²) < 4.78 is 10.7. The number of amides is 2. The standard InChI is InChI=1S/C21H24N2O4/c1-26-16-10-12-17(13-11-16)27-14-4-7-20(24)23-19-6-3-2-5-18(19)21(25)22-15-8-9-15/h2-3,5-6,10-13,15H,4,7-9,14H2,1H3,(H,22,25)(H,23,24). The Morgan fingerprint density at radius 3 is 2.44 bits per heavy atom. The summed E-state index contributed by atoms with van der Waals surface area (Å²) in [7, 11) is 1.61. The van der Waals surface area contributed by atoms with E-state index in [2.05, 4.69) is 10.6 Å². The van der Waals surface area contributed by atoms with Gasteiger partial charge in [-0.1, -0.05) is 12.1 Å². The van der Waals surface area contributed by atoms with Gasteiger partial charge in [0.05, 0.1) is 25.0 Å². The number of hydrogen-bond donors (Lipinski definition) is 2. The van der Waals surface area contributed by atoms with Gasteiger partial charge in [-0.15, -0.1) is 0 Å². The number of anilines is 1. The highest BCUT2D eigenvalue weighted by atomic mass is 16.5. The molecule has 0 saturated heterocycles. The molecule has 2 aromatic rings. The van der Waals surface area contributed by atoms with Crippen molar-refractivity contribution in [1.82, 2.24) is 5.32 Å². The molecule has 2 aromatic carbocycles. The molecule has 6 heteroatoms. The number of methoxy groups -OCH3 is 1. The van der Waals surface area contributed by atoms with E-state index in [1.807, 2.05) is 24.3 Å². The van der Waals surface area contributed by atoms with Gasteiger partial charge in [0.1, 0.15) is 11.5 Å². The Balaban J connectivity index is 1.44. The molecule has 0 aliphatic heterocycles. The molecular formula is C21H24N2O4. The smallest absolute Gasteiger partial charge is 0.253 e. The van der Waals surface area contributed by atoms with Crippen molar-refractivity contribution in [2.45, 2.75) is 31.7 Å². The summed E-state index contributed by atoms with van der Waals surface area (Å²) >= 11 is 0. The molecule has 2 N–H and O–H groups in total. The monoisotopic (exact) mass is 368 g/mol. The van der Waals surface area contributed by atoms with Crippen LogP contribution in [0.5, 0.6) is 11.5 Å². The number of nitrogens with one attached hydrogen (secondary N) is 2. The first-order valence-electron chi connectivity index (χ1n) is 9.12. The fraction of sp³-hybridized carbons (Fsp3) is 0.333. The molecule has 0 atom stereocenters. The lowest BCUT2D eigenvalue weighted by Gasteiger charge is -2.11. The van der Waals surface area contributed by atoms with Gasteiger partial charge in [0.25, 0.3) is 5.91 Å². The third-order valence-corrected chi connectivity index (χ3v) is 4.23. The van der Waals surface area contributed by atoms with Gasteiger partial charge in [0.15, 0.2) is 0 Å². The maximum absolute atomic E-state index is 12.3. The zero-order chi connectivity index (χ0) is 19.1. The lowest BCUT2D eigenvalue weighted by Crippen LogP contribution is -2.27. The Kier molecular flexibility index (Phi) is 6.30. The van der Waals surface area contributed by atoms with Crippen molar-refractivity contribution < 1.29 is 19.1 Å². The normalized spacial score (nSPS) is 12.9. The van der Waals surface area contributed by atoms with E-state index < -0.39 is 0 Å². The summed E-state index contributed by atoms with van der Waals surface area (Å²) in [4.78, 5) is 24.5. The van der Waals surface area contributed by atoms with Crippen LogP contribution in [-0.2, 0) is 4.79 Å². The van der Waals surface area contributed by atoms with Gasteiger partial charge in [-0.05, 0) is 55.7 Å². The number of rotatable bonds is 9. The SMILES string of the molecule is COc1ccc(OCCCC(=O)Nc2ccccc2C(=O)NC2CC2)cc1. The van der Waals surface area contributed by atoms with Crippen LogP contribution < -0.4 is 20.1 Å². The van der Waals surface area contributed by atoms with Crippen LogP contribution in [0.25, 0.3) is 0 Å². The number of para-hydroxylation sites is 1. The highest BCUT2D eigenvalue weighted by molar-refractivity contribution is 6.03. The zero-order valence-corrected chi connectivity index (χ0v) is 15.4. The van der Waals surface area contributed by atoms with Gasteiger partial charge in [-0.25, -0.2) is 0 Å². The maximum Gasteiger partial charge on any atom is 0.253 e. The van der Waals surface area contributed by atoms with Crippen molar-refractivity contribution in [3.63, 3.8) is 0 Å². The predicted molar refractivity (Wildman–Crippen MR) is 103 cm³/mol. The molecule has 0 bridgehead atoms. The molecule has 0 heterocycles. The highest BCUT2D eigenvalue weighted by Gasteiger charge is 2.24. The number of carbonyl (C=O) groups excluding carboxylic acids is 2. The molecule has 0 aromatic heterocycles. The van der Waals surface area contributed by atoms with E-state index in [1.165, 1.54) is 0 Å². The summed E-state index contributed by atoms with van der Waals surface area (Å²) in [6.07, 6.45) is 2.94. The number of benzene rings is 2. The van der Waals surface area contributed by atoms with Crippen molar-refractivity contribution in [2.75, 3.05) is 19.0 Å². The van der Waals surface area contributed by atoms with Crippen LogP contribution in [0.1, 0.15) is 36.0 Å². The van der Waals surface area contributed by atoms with Gasteiger partial charge in [-0.3, -0.25) is 9.59 Å². The molecule has 0 radical (unpaired) electrons. The second-order valence-corrected chi connectivity index (χ2v) is 6.47. The third kappa shape index (κ3) is 5.74. The molecule has 27 heavy (non-hydrogen) atoms. The minimum absolute atomic E-state index is 0.139. The van der Waals surface area contributed by atoms with Crippen molar-refractivity contribution in [3.8, 4) is 11.5 Å². The average Bonchev–Trinajstić information content (AvgIpc) is 3.50. The molecule has 0 spiro atoms. The van der Waals surface area contributed by atoms with Crippen LogP contribution in [0.4, 0.5) is 5.69 Å². The van der Waals surface area contributed by atoms with Gasteiger partial charge in [-0.2, -0.15) is 0 Å². The van der Waals surface area contributed by atoms with Crippen molar-refractivity contribution in [2.24, 2.45) is 0 Å². The molecule has 0 unspecified atom stereocenters. The Morgan fingerprint density at radius 1 is 1.04 bits per heavy atom. The molecule has 6 nitrogen and oxygen atoms in total. The minimum Gasteiger partial charge on any atom is -0.497 e. The second-order valence-electron chi connectivity index (χ2n) is 6.47. The number of ether oxygens (including phenoxy) is 2. The molecule has 2 amide bonds. The lowest BCUT2D eigenvalue weighted by molar-refractivity contribution is -0.116. The lowest BCUT2D eigenvalue weighted by atomic mass is 10.1. The predicted octanol–water partition coefficient (Wildman–Crippen LogP) is 3.39. The van der Waals surface area contributed by atoms with Crippen LogP contribution in [0.3, 0.4) is 0 Å². The van der Waals surface area contributed by atoms with E-state index in [0.29, 0.717) is 30.7 Å². The zero-order valence-electron chi connectivity index (χ0n) is 15.4. The average molecular weight is 368 g/mol. The Hall–Kier alpha value is -3.02. The molecule has 1 aliphatic rings. The molecule has 1 fully saturated rings. The van der Waals surface area contributed by atoms with Gasteiger partial charge >= 0.3 is 0 Å². The molecule has 142 valence electrons. The second kappa shape index (κ2) is 9.07. The Labute approximate surface area is 158 Å². The number of carbonyl (C=O) groups is 2. The fourth-order valence-electron chi connectivity index (χ4n) is 2.59. The van der Waals surface area contributed by atoms with Crippen LogP contribution in [0.2, 0.25) is 0 Å². The van der Waals surface area contributed by atoms with Gasteiger partial charge < -0.3 is 20.1 Å². The molecule has 1 aliphatic carbocycles. The first kappa shape index (κ1) is 18.8. The summed E-state index contributed by atoms with van der Waals surface area (Å²) in [6, 6.07) is 14.6. The molecular weight excluding hydrogens is 344 g/mol. The summed E-state index contributed by atoms with van der Waals surface area (Å²) in [6.45, 7) is 0.434. The van der Waals surface area contributed by atoms with Gasteiger partial charge in [0.2, 0.25) is 5.91 Å². The Bertz CT molecular complexity index is 785. The van der Waals surface area contributed by atoms with E-state index in [4.69, 9.17) is 9.47 Å². The fourth-order valence-corrected chi connectivity index (χ4v) is 2.59. The number of hydrogen-bond acceptors (Lipinski definition) is 4. The summed E-state index contributed by atoms with van der Waals surface area (Å²) in [5.74, 6) is 1.22. The molecule has 3 rings (SSSR count). The largest absolute Gasteiger partial charge is 0.497 e. The van der Waals surface area contributed by atoms with E-state index in [-0.39, 0.29) is 17.9 Å². The van der Waals surface area contributed by atoms with Crippen molar-refractivity contribution >= 4 is 17.5 Å². The highest BCUT2D eigenvalue weighted by Crippen LogP contribution is 2.22. The maximum atomic E-state index is 12.3. The summed E-state index contributed by atoms with van der Waals surface area (Å²) in [5, 5.41) is 5.77. The topological polar surface area (TPSA) is 76.7 Å². The summed E-state index contributed by atoms with van der Waals surface area (Å²) in [5.41, 5.74) is 1.03. The van der Waals surface area contributed by atoms with E-state index in [1.54, 1.807) is 31.4 Å². The molecule has 1 saturated carbocycles. The minimum atomic E-state index is -0.142. The Morgan fingerprint density at radius 2 is 1.74 bits per heavy atom. The van der Waals surface area contributed by atoms with Crippen LogP contribution in [0, 0.1) is 0 Å². The van der Waals surface area contributed by atoms with Crippen LogP contribution in [0.15, 0.2) is 48.5 Å². The van der Waals surface area contributed by atoms with E-state index >= 15 is 0 Å². The quantitative estimate of drug-likeness (QED) is 0.665. The van der Waals surface area contributed by atoms with Crippen LogP contribution >= 0.6 is 0 Å². The first-order valence-corrected chi connectivity index (χ1v) is 9.12. The third-order valence-electron chi connectivity index (χ3n) is 4.23. The van der Waals surface area contributed by atoms with Gasteiger partial charge in [0, 0.05) is 12.5 Å². The van der Waals surface area contributed by atoms with Crippen molar-refractivity contribution in [3.05, 3.63) is 54.1 Å². The van der Waals surface area contributed by atoms with E-state index in [0.717, 1.165) is 24.3 Å².